The van der Waals surface area contributed by atoms with Gasteiger partial charge >= 0.3 is 74.1 Å². The monoisotopic (exact) mass is 560 g/mol. The van der Waals surface area contributed by atoms with Gasteiger partial charge in [0.25, 0.3) is 0 Å². The molecule has 0 N–H and O–H groups in total. The van der Waals surface area contributed by atoms with E-state index in [1.807, 2.05) is 0 Å². The van der Waals surface area contributed by atoms with Crippen molar-refractivity contribution < 1.29 is 35.9 Å². The zero-order valence-electron chi connectivity index (χ0n) is 2.73. The second kappa shape index (κ2) is 53.7. The summed E-state index contributed by atoms with van der Waals surface area (Å²) in [6, 6.07) is 0. The van der Waals surface area contributed by atoms with Crippen LogP contribution >= 0.6 is 0 Å². The standard InChI is InChI=1S/3O.Ru.2Tl/q3*-2;+4;2*+1. The van der Waals surface area contributed by atoms with Gasteiger partial charge < -0.3 is 16.4 Å². The van der Waals surface area contributed by atoms with Crippen LogP contribution in [0.25, 0.3) is 0 Å². The molecule has 0 aliphatic carbocycles. The molecule has 0 radical (unpaired) electrons. The Morgan fingerprint density at radius 2 is 0.500 bits per heavy atom. The molecule has 0 aliphatic heterocycles. The van der Waals surface area contributed by atoms with E-state index in [1.165, 1.54) is 0 Å². The molecule has 6 heavy (non-hydrogen) atoms. The molecule has 0 fully saturated rings. The molecule has 0 rings (SSSR count). The van der Waals surface area contributed by atoms with Gasteiger partial charge in [-0.1, -0.05) is 0 Å². The third-order valence-corrected chi connectivity index (χ3v) is 0. The SMILES string of the molecule is [O-2].[O-2].[O-2].[Ru+4].[Tl+].[Tl+]. The molecule has 0 aromatic carbocycles. The summed E-state index contributed by atoms with van der Waals surface area (Å²) in [7, 11) is 0. The maximum Gasteiger partial charge on any atom is 4.00 e. The maximum atomic E-state index is 0. The second-order valence-corrected chi connectivity index (χ2v) is 0. The Balaban J connectivity index is 0. The number of rotatable bonds is 0. The van der Waals surface area contributed by atoms with Crippen LogP contribution in [0, 0.1) is 0 Å². The van der Waals surface area contributed by atoms with E-state index in [4.69, 9.17) is 0 Å². The summed E-state index contributed by atoms with van der Waals surface area (Å²) >= 11 is 0. The molecule has 32 valence electrons. The average molecular weight is 558 g/mol. The molecule has 6 heteroatoms. The summed E-state index contributed by atoms with van der Waals surface area (Å²) in [5, 5.41) is 0. The van der Waals surface area contributed by atoms with Gasteiger partial charge in [-0.3, -0.25) is 0 Å². The van der Waals surface area contributed by atoms with Gasteiger partial charge in [0.15, 0.2) is 0 Å². The van der Waals surface area contributed by atoms with Crippen LogP contribution < -0.4 is 0 Å². The van der Waals surface area contributed by atoms with Crippen LogP contribution in [0.15, 0.2) is 0 Å². The van der Waals surface area contributed by atoms with Crippen molar-refractivity contribution in [3.8, 4) is 0 Å². The Labute approximate surface area is 89.3 Å². The van der Waals surface area contributed by atoms with E-state index in [0.717, 1.165) is 0 Å². The first kappa shape index (κ1) is 81.8. The Morgan fingerprint density at radius 1 is 0.500 bits per heavy atom. The molecule has 0 aliphatic rings. The van der Waals surface area contributed by atoms with Crippen molar-refractivity contribution >= 4 is 54.6 Å². The van der Waals surface area contributed by atoms with Gasteiger partial charge in [-0.05, 0) is 0 Å². The smallest absolute Gasteiger partial charge is 2.00 e. The zero-order chi connectivity index (χ0) is 0. The first-order valence-corrected chi connectivity index (χ1v) is 0. The Kier molecular flexibility index (Phi) is 732. The summed E-state index contributed by atoms with van der Waals surface area (Å²) in [6.07, 6.45) is 0. The van der Waals surface area contributed by atoms with Crippen molar-refractivity contribution in [3.63, 3.8) is 0 Å². The molecule has 0 amide bonds. The van der Waals surface area contributed by atoms with Crippen molar-refractivity contribution in [1.29, 1.82) is 0 Å². The summed E-state index contributed by atoms with van der Waals surface area (Å²) in [6.45, 7) is 0. The topological polar surface area (TPSA) is 85.5 Å². The summed E-state index contributed by atoms with van der Waals surface area (Å²) < 4.78 is 0. The van der Waals surface area contributed by atoms with Gasteiger partial charge in [-0.25, -0.2) is 0 Å². The minimum absolute atomic E-state index is 0. The molecule has 0 bridgehead atoms. The number of hydrogen-bond donors (Lipinski definition) is 0. The van der Waals surface area contributed by atoms with E-state index in [1.54, 1.807) is 0 Å². The van der Waals surface area contributed by atoms with Crippen LogP contribution in [0.4, 0.5) is 0 Å². The van der Waals surface area contributed by atoms with Gasteiger partial charge in [0.2, 0.25) is 0 Å². The van der Waals surface area contributed by atoms with Crippen molar-refractivity contribution in [2.75, 3.05) is 0 Å². The van der Waals surface area contributed by atoms with Crippen molar-refractivity contribution in [2.24, 2.45) is 0 Å². The molecule has 0 aromatic heterocycles. The molecule has 0 aromatic rings. The Bertz CT molecular complexity index is 8.75. The van der Waals surface area contributed by atoms with Gasteiger partial charge in [-0.15, -0.1) is 0 Å². The van der Waals surface area contributed by atoms with Crippen LogP contribution in [0.3, 0.4) is 0 Å². The van der Waals surface area contributed by atoms with Gasteiger partial charge in [0.05, 0.1) is 0 Å². The fraction of sp³-hybridized carbons (Fsp3) is 0. The molecular formula is O3RuTl2. The maximum absolute atomic E-state index is 0. The predicted octanol–water partition coefficient (Wildman–Crippen LogP) is -1.12. The quantitative estimate of drug-likeness (QED) is 0.338. The average Bonchev–Trinajstić information content (AvgIpc) is 0. The fourth-order valence-electron chi connectivity index (χ4n) is 0. The molecule has 0 heterocycles. The van der Waals surface area contributed by atoms with Crippen LogP contribution in [0.1, 0.15) is 0 Å². The summed E-state index contributed by atoms with van der Waals surface area (Å²) in [4.78, 5) is 0. The summed E-state index contributed by atoms with van der Waals surface area (Å²) in [5.41, 5.74) is 0. The van der Waals surface area contributed by atoms with Gasteiger partial charge in [0.1, 0.15) is 0 Å². The molecule has 0 saturated heterocycles. The van der Waals surface area contributed by atoms with Crippen LogP contribution in [-0.2, 0) is 35.9 Å². The minimum atomic E-state index is 0. The largest absolute Gasteiger partial charge is 4.00 e. The van der Waals surface area contributed by atoms with Crippen LogP contribution in [0.2, 0.25) is 0 Å². The Hall–Kier alpha value is 2.35. The zero-order valence-corrected chi connectivity index (χ0v) is 13.4. The number of hydrogen-bond acceptors (Lipinski definition) is 0. The van der Waals surface area contributed by atoms with E-state index in [2.05, 4.69) is 0 Å². The van der Waals surface area contributed by atoms with Gasteiger partial charge in [-0.2, -0.15) is 0 Å². The van der Waals surface area contributed by atoms with Gasteiger partial charge in [0, 0.05) is 0 Å². The third-order valence-electron chi connectivity index (χ3n) is 0. The fourth-order valence-corrected chi connectivity index (χ4v) is 0. The summed E-state index contributed by atoms with van der Waals surface area (Å²) in [5.74, 6) is 0. The second-order valence-electron chi connectivity index (χ2n) is 0. The molecular weight excluding hydrogens is 558 g/mol. The van der Waals surface area contributed by atoms with Crippen LogP contribution in [-0.4, -0.2) is 54.6 Å². The van der Waals surface area contributed by atoms with Crippen molar-refractivity contribution in [1.82, 2.24) is 0 Å². The van der Waals surface area contributed by atoms with Crippen LogP contribution in [0.5, 0.6) is 0 Å². The minimum Gasteiger partial charge on any atom is -2.00 e. The third kappa shape index (κ3) is 32.9. The molecule has 0 saturated carbocycles. The van der Waals surface area contributed by atoms with E-state index in [9.17, 15) is 0 Å². The first-order chi connectivity index (χ1) is 0. The normalized spacial score (nSPS) is 0. The molecule has 0 unspecified atom stereocenters. The van der Waals surface area contributed by atoms with Crippen molar-refractivity contribution in [3.05, 3.63) is 0 Å². The molecule has 3 nitrogen and oxygen atoms in total. The molecule has 0 spiro atoms. The van der Waals surface area contributed by atoms with E-state index in [0.29, 0.717) is 0 Å². The van der Waals surface area contributed by atoms with E-state index >= 15 is 0 Å². The molecule has 0 atom stereocenters. The first-order valence-electron chi connectivity index (χ1n) is 0. The Morgan fingerprint density at radius 3 is 0.500 bits per heavy atom. The van der Waals surface area contributed by atoms with Crippen molar-refractivity contribution in [2.45, 2.75) is 0 Å². The predicted molar refractivity (Wildman–Crippen MR) is 13.6 cm³/mol. The van der Waals surface area contributed by atoms with E-state index in [-0.39, 0.29) is 90.5 Å². The van der Waals surface area contributed by atoms with E-state index < -0.39 is 0 Å².